The van der Waals surface area contributed by atoms with Crippen molar-refractivity contribution in [3.8, 4) is 0 Å². The van der Waals surface area contributed by atoms with E-state index in [4.69, 9.17) is 4.74 Å². The zero-order valence-electron chi connectivity index (χ0n) is 6.52. The van der Waals surface area contributed by atoms with E-state index in [-0.39, 0.29) is 14.1 Å². The lowest BCUT2D eigenvalue weighted by Crippen LogP contribution is -2.19. The lowest BCUT2D eigenvalue weighted by atomic mass is 10.3. The summed E-state index contributed by atoms with van der Waals surface area (Å²) in [7, 11) is 0. The Labute approximate surface area is 97.1 Å². The minimum absolute atomic E-state index is 0.119. The van der Waals surface area contributed by atoms with Crippen molar-refractivity contribution in [2.24, 2.45) is 0 Å². The summed E-state index contributed by atoms with van der Waals surface area (Å²) in [6, 6.07) is 0. The largest absolute Gasteiger partial charge is 0.460 e. The number of carbonyl (C=O) groups is 1. The molecule has 0 aromatic rings. The van der Waals surface area contributed by atoms with Gasteiger partial charge in [0, 0.05) is 4.83 Å². The summed E-state index contributed by atoms with van der Waals surface area (Å²) >= 11 is 9.64. The highest BCUT2D eigenvalue weighted by Crippen LogP contribution is 2.14. The minimum Gasteiger partial charge on any atom is -0.460 e. The number of rotatable bonds is 4. The molecular formula is C7H9Br3O2. The maximum Gasteiger partial charge on any atom is 0.344 e. The fourth-order valence-electron chi connectivity index (χ4n) is 0.366. The van der Waals surface area contributed by atoms with Crippen molar-refractivity contribution >= 4 is 53.8 Å². The van der Waals surface area contributed by atoms with Crippen LogP contribution < -0.4 is 0 Å². The van der Waals surface area contributed by atoms with Crippen LogP contribution >= 0.6 is 47.8 Å². The monoisotopic (exact) mass is 362 g/mol. The summed E-state index contributed by atoms with van der Waals surface area (Å²) in [5.74, 6) is -0.424. The van der Waals surface area contributed by atoms with Crippen LogP contribution in [0, 0.1) is 0 Å². The van der Waals surface area contributed by atoms with Crippen molar-refractivity contribution in [2.45, 2.75) is 16.6 Å². The number of hydrogen-bond donors (Lipinski definition) is 0. The number of alkyl halides is 2. The lowest BCUT2D eigenvalue weighted by molar-refractivity contribution is -0.137. The fourth-order valence-corrected chi connectivity index (χ4v) is 0.765. The molecule has 2 atom stereocenters. The van der Waals surface area contributed by atoms with Gasteiger partial charge in [-0.1, -0.05) is 45.4 Å². The average Bonchev–Trinajstić information content (AvgIpc) is 1.98. The first-order valence-corrected chi connectivity index (χ1v) is 5.87. The summed E-state index contributed by atoms with van der Waals surface area (Å²) in [4.78, 5) is 11.2. The first kappa shape index (κ1) is 12.7. The second-order valence-electron chi connectivity index (χ2n) is 2.20. The third-order valence-corrected chi connectivity index (χ3v) is 3.82. The standard InChI is InChI=1S/C7H9Br3O2/c1-4(8)6(10)3-12-7(11)5(2)9/h4,6H,2-3H2,1H3. The van der Waals surface area contributed by atoms with Crippen molar-refractivity contribution in [3.05, 3.63) is 11.1 Å². The van der Waals surface area contributed by atoms with Crippen LogP contribution in [0.1, 0.15) is 6.92 Å². The normalized spacial score (nSPS) is 15.0. The Hall–Kier alpha value is 0.650. The average molecular weight is 365 g/mol. The van der Waals surface area contributed by atoms with Crippen LogP contribution in [0.3, 0.4) is 0 Å². The number of carbonyl (C=O) groups excluding carboxylic acids is 1. The van der Waals surface area contributed by atoms with E-state index in [1.807, 2.05) is 6.92 Å². The van der Waals surface area contributed by atoms with Gasteiger partial charge in [0.1, 0.15) is 6.61 Å². The van der Waals surface area contributed by atoms with E-state index in [0.717, 1.165) is 0 Å². The van der Waals surface area contributed by atoms with Crippen LogP contribution in [0.4, 0.5) is 0 Å². The van der Waals surface area contributed by atoms with Crippen LogP contribution in [0.25, 0.3) is 0 Å². The van der Waals surface area contributed by atoms with E-state index in [9.17, 15) is 4.79 Å². The van der Waals surface area contributed by atoms with Crippen molar-refractivity contribution < 1.29 is 9.53 Å². The van der Waals surface area contributed by atoms with E-state index in [2.05, 4.69) is 54.4 Å². The molecule has 0 N–H and O–H groups in total. The molecule has 0 aliphatic rings. The molecule has 12 heavy (non-hydrogen) atoms. The quantitative estimate of drug-likeness (QED) is 0.435. The van der Waals surface area contributed by atoms with Gasteiger partial charge in [-0.2, -0.15) is 0 Å². The summed E-state index contributed by atoms with van der Waals surface area (Å²) in [5.41, 5.74) is 0. The van der Waals surface area contributed by atoms with Crippen molar-refractivity contribution in [3.63, 3.8) is 0 Å². The van der Waals surface area contributed by atoms with Gasteiger partial charge in [-0.3, -0.25) is 0 Å². The molecule has 0 aliphatic carbocycles. The highest BCUT2D eigenvalue weighted by Gasteiger charge is 2.13. The van der Waals surface area contributed by atoms with Gasteiger partial charge in [0.2, 0.25) is 0 Å². The second-order valence-corrected chi connectivity index (χ2v) is 5.77. The molecule has 0 radical (unpaired) electrons. The summed E-state index contributed by atoms with van der Waals surface area (Å²) in [5, 5.41) is 0. The summed E-state index contributed by atoms with van der Waals surface area (Å²) < 4.78 is 5.10. The Kier molecular flexibility index (Phi) is 6.49. The molecule has 0 amide bonds. The van der Waals surface area contributed by atoms with Gasteiger partial charge in [-0.15, -0.1) is 0 Å². The zero-order chi connectivity index (χ0) is 9.72. The van der Waals surface area contributed by atoms with Gasteiger partial charge in [0.25, 0.3) is 0 Å². The predicted molar refractivity (Wildman–Crippen MR) is 60.1 cm³/mol. The zero-order valence-corrected chi connectivity index (χ0v) is 11.3. The lowest BCUT2D eigenvalue weighted by Gasteiger charge is -2.11. The van der Waals surface area contributed by atoms with Gasteiger partial charge in [0.05, 0.1) is 9.31 Å². The van der Waals surface area contributed by atoms with Crippen LogP contribution in [0.5, 0.6) is 0 Å². The molecule has 0 saturated heterocycles. The SMILES string of the molecule is C=C(Br)C(=O)OCC(Br)C(C)Br. The van der Waals surface area contributed by atoms with Crippen molar-refractivity contribution in [1.29, 1.82) is 0 Å². The molecule has 0 heterocycles. The topological polar surface area (TPSA) is 26.3 Å². The number of ether oxygens (including phenoxy) is 1. The molecule has 0 bridgehead atoms. The van der Waals surface area contributed by atoms with Crippen molar-refractivity contribution in [1.82, 2.24) is 0 Å². The van der Waals surface area contributed by atoms with E-state index in [1.54, 1.807) is 0 Å². The highest BCUT2D eigenvalue weighted by atomic mass is 79.9. The van der Waals surface area contributed by atoms with Gasteiger partial charge in [-0.05, 0) is 15.9 Å². The second kappa shape index (κ2) is 6.16. The fraction of sp³-hybridized carbons (Fsp3) is 0.571. The third kappa shape index (κ3) is 5.32. The van der Waals surface area contributed by atoms with Crippen molar-refractivity contribution in [2.75, 3.05) is 6.61 Å². The highest BCUT2D eigenvalue weighted by molar-refractivity contribution is 9.12. The van der Waals surface area contributed by atoms with Gasteiger partial charge in [0.15, 0.2) is 0 Å². The molecule has 0 saturated carbocycles. The van der Waals surface area contributed by atoms with E-state index in [1.165, 1.54) is 0 Å². The molecule has 0 rings (SSSR count). The number of esters is 1. The Morgan fingerprint density at radius 2 is 2.08 bits per heavy atom. The first-order chi connectivity index (χ1) is 5.45. The maximum absolute atomic E-state index is 10.9. The summed E-state index contributed by atoms with van der Waals surface area (Å²) in [6.45, 7) is 5.69. The van der Waals surface area contributed by atoms with Gasteiger partial charge < -0.3 is 4.74 Å². The van der Waals surface area contributed by atoms with Gasteiger partial charge in [-0.25, -0.2) is 4.79 Å². The molecule has 0 aromatic heterocycles. The summed E-state index contributed by atoms with van der Waals surface area (Å²) in [6.07, 6.45) is 0. The van der Waals surface area contributed by atoms with E-state index in [0.29, 0.717) is 6.61 Å². The number of halogens is 3. The van der Waals surface area contributed by atoms with Crippen LogP contribution in [-0.2, 0) is 9.53 Å². The molecule has 2 unspecified atom stereocenters. The molecule has 0 spiro atoms. The predicted octanol–water partition coefficient (Wildman–Crippen LogP) is 2.99. The van der Waals surface area contributed by atoms with Crippen LogP contribution in [-0.4, -0.2) is 22.2 Å². The Morgan fingerprint density at radius 3 is 2.42 bits per heavy atom. The smallest absolute Gasteiger partial charge is 0.344 e. The molecular weight excluding hydrogens is 356 g/mol. The Balaban J connectivity index is 3.69. The molecule has 0 aliphatic heterocycles. The van der Waals surface area contributed by atoms with Crippen LogP contribution in [0.15, 0.2) is 11.1 Å². The third-order valence-electron chi connectivity index (χ3n) is 1.09. The molecule has 0 fully saturated rings. The Bertz CT molecular complexity index is 179. The Morgan fingerprint density at radius 1 is 1.58 bits per heavy atom. The maximum atomic E-state index is 10.9. The van der Waals surface area contributed by atoms with Gasteiger partial charge >= 0.3 is 5.97 Å². The molecule has 2 nitrogen and oxygen atoms in total. The number of hydrogen-bond acceptors (Lipinski definition) is 2. The van der Waals surface area contributed by atoms with E-state index >= 15 is 0 Å². The molecule has 5 heteroatoms. The van der Waals surface area contributed by atoms with E-state index < -0.39 is 5.97 Å². The minimum atomic E-state index is -0.424. The molecule has 0 aromatic carbocycles. The molecule has 70 valence electrons. The van der Waals surface area contributed by atoms with Crippen LogP contribution in [0.2, 0.25) is 0 Å². The first-order valence-electron chi connectivity index (χ1n) is 3.24.